The number of amides is 1. The molecule has 2 aromatic rings. The van der Waals surface area contributed by atoms with Gasteiger partial charge in [0, 0.05) is 23.1 Å². The Hall–Kier alpha value is -2.07. The maximum absolute atomic E-state index is 12.5. The standard InChI is InChI=1S/C19H21NO2S/c1-12-5-6-16(11-13(12)2)19(22)14(3)23-18-9-7-17(8-10-18)20-15(4)21/h5-11,14H,1-4H3,(H,20,21)/t14-/m0/s1. The van der Waals surface area contributed by atoms with Crippen LogP contribution in [0.5, 0.6) is 0 Å². The van der Waals surface area contributed by atoms with E-state index in [1.165, 1.54) is 24.2 Å². The molecular weight excluding hydrogens is 306 g/mol. The predicted molar refractivity (Wildman–Crippen MR) is 96.3 cm³/mol. The van der Waals surface area contributed by atoms with E-state index in [2.05, 4.69) is 5.32 Å². The second-order valence-electron chi connectivity index (χ2n) is 5.63. The van der Waals surface area contributed by atoms with Crippen molar-refractivity contribution in [2.75, 3.05) is 5.32 Å². The minimum atomic E-state index is -0.163. The number of Topliss-reactive ketones (excluding diaryl/α,β-unsaturated/α-hetero) is 1. The van der Waals surface area contributed by atoms with Crippen LogP contribution in [-0.2, 0) is 4.79 Å². The summed E-state index contributed by atoms with van der Waals surface area (Å²) in [6.07, 6.45) is 0. The Morgan fingerprint density at radius 1 is 1.00 bits per heavy atom. The molecule has 120 valence electrons. The summed E-state index contributed by atoms with van der Waals surface area (Å²) in [7, 11) is 0. The number of thioether (sulfide) groups is 1. The third-order valence-electron chi connectivity index (χ3n) is 3.65. The summed E-state index contributed by atoms with van der Waals surface area (Å²) in [5, 5.41) is 2.57. The van der Waals surface area contributed by atoms with Gasteiger partial charge < -0.3 is 5.32 Å². The molecular formula is C19H21NO2S. The lowest BCUT2D eigenvalue weighted by molar-refractivity contribution is -0.114. The van der Waals surface area contributed by atoms with Crippen molar-refractivity contribution in [2.45, 2.75) is 37.8 Å². The minimum Gasteiger partial charge on any atom is -0.326 e. The molecule has 0 spiro atoms. The van der Waals surface area contributed by atoms with Crippen LogP contribution in [0.2, 0.25) is 0 Å². The highest BCUT2D eigenvalue weighted by atomic mass is 32.2. The number of carbonyl (C=O) groups is 2. The van der Waals surface area contributed by atoms with Crippen molar-refractivity contribution >= 4 is 29.1 Å². The Kier molecular flexibility index (Phi) is 5.61. The second kappa shape index (κ2) is 7.47. The van der Waals surface area contributed by atoms with E-state index in [1.807, 2.05) is 63.2 Å². The zero-order valence-corrected chi connectivity index (χ0v) is 14.7. The summed E-state index contributed by atoms with van der Waals surface area (Å²) in [5.41, 5.74) is 3.83. The number of hydrogen-bond donors (Lipinski definition) is 1. The van der Waals surface area contributed by atoms with E-state index < -0.39 is 0 Å². The van der Waals surface area contributed by atoms with Gasteiger partial charge in [0.15, 0.2) is 5.78 Å². The summed E-state index contributed by atoms with van der Waals surface area (Å²) in [4.78, 5) is 24.6. The maximum Gasteiger partial charge on any atom is 0.221 e. The molecule has 1 amide bonds. The molecule has 0 fully saturated rings. The summed E-state index contributed by atoms with van der Waals surface area (Å²) >= 11 is 1.52. The number of anilines is 1. The van der Waals surface area contributed by atoms with Gasteiger partial charge in [-0.2, -0.15) is 0 Å². The molecule has 0 aliphatic heterocycles. The molecule has 0 saturated carbocycles. The van der Waals surface area contributed by atoms with Crippen LogP contribution in [0.15, 0.2) is 47.4 Å². The molecule has 0 bridgehead atoms. The van der Waals surface area contributed by atoms with Crippen LogP contribution in [-0.4, -0.2) is 16.9 Å². The van der Waals surface area contributed by atoms with E-state index in [-0.39, 0.29) is 16.9 Å². The molecule has 1 N–H and O–H groups in total. The maximum atomic E-state index is 12.5. The van der Waals surface area contributed by atoms with Crippen LogP contribution in [0.4, 0.5) is 5.69 Å². The first-order valence-corrected chi connectivity index (χ1v) is 8.40. The van der Waals surface area contributed by atoms with Crippen LogP contribution in [0, 0.1) is 13.8 Å². The van der Waals surface area contributed by atoms with Crippen molar-refractivity contribution in [2.24, 2.45) is 0 Å². The van der Waals surface area contributed by atoms with Crippen LogP contribution in [0.3, 0.4) is 0 Å². The Bertz CT molecular complexity index is 723. The average Bonchev–Trinajstić information content (AvgIpc) is 2.50. The van der Waals surface area contributed by atoms with Crippen LogP contribution in [0.25, 0.3) is 0 Å². The van der Waals surface area contributed by atoms with Gasteiger partial charge in [-0.1, -0.05) is 12.1 Å². The fourth-order valence-electron chi connectivity index (χ4n) is 2.21. The number of ketones is 1. The van der Waals surface area contributed by atoms with Gasteiger partial charge in [-0.3, -0.25) is 9.59 Å². The van der Waals surface area contributed by atoms with Crippen LogP contribution >= 0.6 is 11.8 Å². The van der Waals surface area contributed by atoms with Crippen molar-refractivity contribution < 1.29 is 9.59 Å². The van der Waals surface area contributed by atoms with Gasteiger partial charge in [0.25, 0.3) is 0 Å². The Labute approximate surface area is 141 Å². The fraction of sp³-hybridized carbons (Fsp3) is 0.263. The molecule has 0 aliphatic carbocycles. The summed E-state index contributed by atoms with van der Waals surface area (Å²) in [6.45, 7) is 7.46. The van der Waals surface area contributed by atoms with Gasteiger partial charge in [0.2, 0.25) is 5.91 Å². The topological polar surface area (TPSA) is 46.2 Å². The molecule has 1 atom stereocenters. The fourth-order valence-corrected chi connectivity index (χ4v) is 3.15. The SMILES string of the molecule is CC(=O)Nc1ccc(S[C@@H](C)C(=O)c2ccc(C)c(C)c2)cc1. The molecule has 23 heavy (non-hydrogen) atoms. The normalized spacial score (nSPS) is 11.8. The summed E-state index contributed by atoms with van der Waals surface area (Å²) in [6, 6.07) is 13.4. The summed E-state index contributed by atoms with van der Waals surface area (Å²) < 4.78 is 0. The third kappa shape index (κ3) is 4.70. The number of aryl methyl sites for hydroxylation is 2. The zero-order chi connectivity index (χ0) is 17.0. The lowest BCUT2D eigenvalue weighted by Gasteiger charge is -2.12. The monoisotopic (exact) mass is 327 g/mol. The van der Waals surface area contributed by atoms with Gasteiger partial charge >= 0.3 is 0 Å². The first-order valence-electron chi connectivity index (χ1n) is 7.52. The zero-order valence-electron chi connectivity index (χ0n) is 13.8. The minimum absolute atomic E-state index is 0.0938. The van der Waals surface area contributed by atoms with E-state index in [0.717, 1.165) is 21.7 Å². The molecule has 3 nitrogen and oxygen atoms in total. The average molecular weight is 327 g/mol. The van der Waals surface area contributed by atoms with Gasteiger partial charge in [0.1, 0.15) is 0 Å². The number of hydrogen-bond acceptors (Lipinski definition) is 3. The van der Waals surface area contributed by atoms with Gasteiger partial charge in [-0.25, -0.2) is 0 Å². The molecule has 0 heterocycles. The van der Waals surface area contributed by atoms with Crippen molar-refractivity contribution in [3.63, 3.8) is 0 Å². The number of benzene rings is 2. The van der Waals surface area contributed by atoms with E-state index in [9.17, 15) is 9.59 Å². The largest absolute Gasteiger partial charge is 0.326 e. The first kappa shape index (κ1) is 17.3. The van der Waals surface area contributed by atoms with Crippen molar-refractivity contribution in [3.05, 3.63) is 59.2 Å². The van der Waals surface area contributed by atoms with E-state index in [0.29, 0.717) is 0 Å². The van der Waals surface area contributed by atoms with Crippen LogP contribution < -0.4 is 5.32 Å². The van der Waals surface area contributed by atoms with Crippen LogP contribution in [0.1, 0.15) is 35.3 Å². The lowest BCUT2D eigenvalue weighted by atomic mass is 10.0. The van der Waals surface area contributed by atoms with Crippen molar-refractivity contribution in [3.8, 4) is 0 Å². The Morgan fingerprint density at radius 3 is 2.22 bits per heavy atom. The van der Waals surface area contributed by atoms with Crippen molar-refractivity contribution in [1.29, 1.82) is 0 Å². The molecule has 0 aliphatic rings. The first-order chi connectivity index (χ1) is 10.9. The highest BCUT2D eigenvalue weighted by molar-refractivity contribution is 8.00. The number of carbonyl (C=O) groups excluding carboxylic acids is 2. The summed E-state index contributed by atoms with van der Waals surface area (Å²) in [5.74, 6) is 0.0349. The lowest BCUT2D eigenvalue weighted by Crippen LogP contribution is -2.13. The molecule has 0 unspecified atom stereocenters. The number of rotatable bonds is 5. The molecule has 0 saturated heterocycles. The molecule has 4 heteroatoms. The number of nitrogens with one attached hydrogen (secondary N) is 1. The van der Waals surface area contributed by atoms with E-state index >= 15 is 0 Å². The van der Waals surface area contributed by atoms with E-state index in [1.54, 1.807) is 0 Å². The Morgan fingerprint density at radius 2 is 1.65 bits per heavy atom. The molecule has 2 aromatic carbocycles. The van der Waals surface area contributed by atoms with Gasteiger partial charge in [-0.05, 0) is 62.2 Å². The molecule has 0 radical (unpaired) electrons. The smallest absolute Gasteiger partial charge is 0.221 e. The van der Waals surface area contributed by atoms with E-state index in [4.69, 9.17) is 0 Å². The highest BCUT2D eigenvalue weighted by Crippen LogP contribution is 2.27. The van der Waals surface area contributed by atoms with Crippen molar-refractivity contribution in [1.82, 2.24) is 0 Å². The predicted octanol–water partition coefficient (Wildman–Crippen LogP) is 4.63. The Balaban J connectivity index is 2.05. The second-order valence-corrected chi connectivity index (χ2v) is 7.04. The molecule has 0 aromatic heterocycles. The highest BCUT2D eigenvalue weighted by Gasteiger charge is 2.17. The van der Waals surface area contributed by atoms with Gasteiger partial charge in [0.05, 0.1) is 5.25 Å². The van der Waals surface area contributed by atoms with Gasteiger partial charge in [-0.15, -0.1) is 11.8 Å². The third-order valence-corrected chi connectivity index (χ3v) is 4.76. The molecule has 2 rings (SSSR count). The quantitative estimate of drug-likeness (QED) is 0.643.